The molecule has 0 spiro atoms. The molecule has 1 saturated heterocycles. The van der Waals surface area contributed by atoms with E-state index in [1.165, 1.54) is 12.8 Å². The van der Waals surface area contributed by atoms with E-state index in [0.29, 0.717) is 31.2 Å². The Kier molecular flexibility index (Phi) is 5.61. The molecule has 1 aromatic heterocycles. The van der Waals surface area contributed by atoms with Gasteiger partial charge in [-0.05, 0) is 12.8 Å². The Morgan fingerprint density at radius 2 is 1.96 bits per heavy atom. The number of aliphatic hydroxyl groups excluding tert-OH is 1. The van der Waals surface area contributed by atoms with Gasteiger partial charge in [0.2, 0.25) is 11.8 Å². The SMILES string of the molecule is O=C(CCc1nc(C2CCCC2)no1)N1CCN(CCO)CC1. The number of carbonyl (C=O) groups is 1. The molecule has 0 bridgehead atoms. The number of aryl methyl sites for hydroxylation is 1. The summed E-state index contributed by atoms with van der Waals surface area (Å²) in [6, 6.07) is 0. The van der Waals surface area contributed by atoms with Crippen LogP contribution in [0.1, 0.15) is 49.7 Å². The summed E-state index contributed by atoms with van der Waals surface area (Å²) >= 11 is 0. The van der Waals surface area contributed by atoms with E-state index in [-0.39, 0.29) is 12.5 Å². The maximum absolute atomic E-state index is 12.3. The van der Waals surface area contributed by atoms with Crippen LogP contribution in [0.2, 0.25) is 0 Å². The molecule has 2 heterocycles. The fraction of sp³-hybridized carbons (Fsp3) is 0.812. The standard InChI is InChI=1S/C16H26N4O3/c21-12-11-19-7-9-20(10-8-19)15(22)6-5-14-17-16(18-23-14)13-3-1-2-4-13/h13,21H,1-12H2. The van der Waals surface area contributed by atoms with Gasteiger partial charge in [-0.1, -0.05) is 18.0 Å². The summed E-state index contributed by atoms with van der Waals surface area (Å²) in [4.78, 5) is 20.8. The summed E-state index contributed by atoms with van der Waals surface area (Å²) < 4.78 is 5.30. The van der Waals surface area contributed by atoms with Crippen LogP contribution in [0.3, 0.4) is 0 Å². The molecule has 1 aliphatic heterocycles. The fourth-order valence-corrected chi connectivity index (χ4v) is 3.45. The number of piperazine rings is 1. The van der Waals surface area contributed by atoms with Crippen LogP contribution in [0.4, 0.5) is 0 Å². The molecule has 7 nitrogen and oxygen atoms in total. The van der Waals surface area contributed by atoms with Crippen molar-refractivity contribution in [2.75, 3.05) is 39.3 Å². The lowest BCUT2D eigenvalue weighted by molar-refractivity contribution is -0.133. The molecule has 3 rings (SSSR count). The Bertz CT molecular complexity index is 505. The van der Waals surface area contributed by atoms with E-state index in [1.807, 2.05) is 4.90 Å². The number of hydrogen-bond acceptors (Lipinski definition) is 6. The van der Waals surface area contributed by atoms with Crippen LogP contribution >= 0.6 is 0 Å². The van der Waals surface area contributed by atoms with Crippen molar-refractivity contribution < 1.29 is 14.4 Å². The van der Waals surface area contributed by atoms with Crippen molar-refractivity contribution in [2.45, 2.75) is 44.4 Å². The molecule has 0 unspecified atom stereocenters. The third-order valence-corrected chi connectivity index (χ3v) is 4.90. The van der Waals surface area contributed by atoms with Gasteiger partial charge in [-0.25, -0.2) is 0 Å². The Labute approximate surface area is 136 Å². The second-order valence-corrected chi connectivity index (χ2v) is 6.47. The highest BCUT2D eigenvalue weighted by Crippen LogP contribution is 2.32. The molecule has 1 aliphatic carbocycles. The van der Waals surface area contributed by atoms with E-state index in [2.05, 4.69) is 15.0 Å². The third-order valence-electron chi connectivity index (χ3n) is 4.90. The number of carbonyl (C=O) groups excluding carboxylic acids is 1. The van der Waals surface area contributed by atoms with Gasteiger partial charge in [-0.2, -0.15) is 4.98 Å². The monoisotopic (exact) mass is 322 g/mol. The van der Waals surface area contributed by atoms with E-state index < -0.39 is 0 Å². The van der Waals surface area contributed by atoms with Gasteiger partial charge in [0.15, 0.2) is 5.82 Å². The minimum absolute atomic E-state index is 0.147. The summed E-state index contributed by atoms with van der Waals surface area (Å²) in [6.07, 6.45) is 5.73. The summed E-state index contributed by atoms with van der Waals surface area (Å²) in [5, 5.41) is 13.0. The lowest BCUT2D eigenvalue weighted by atomic mass is 10.1. The normalized spacial score (nSPS) is 20.3. The molecular formula is C16H26N4O3. The quantitative estimate of drug-likeness (QED) is 0.834. The summed E-state index contributed by atoms with van der Waals surface area (Å²) in [5.41, 5.74) is 0. The van der Waals surface area contributed by atoms with Gasteiger partial charge in [-0.3, -0.25) is 9.69 Å². The second kappa shape index (κ2) is 7.88. The average Bonchev–Trinajstić information content (AvgIpc) is 3.25. The first kappa shape index (κ1) is 16.4. The highest BCUT2D eigenvalue weighted by atomic mass is 16.5. The Morgan fingerprint density at radius 3 is 2.65 bits per heavy atom. The molecule has 7 heteroatoms. The van der Waals surface area contributed by atoms with Gasteiger partial charge in [0, 0.05) is 51.5 Å². The summed E-state index contributed by atoms with van der Waals surface area (Å²) in [7, 11) is 0. The number of aliphatic hydroxyl groups is 1. The molecule has 2 fully saturated rings. The van der Waals surface area contributed by atoms with E-state index in [1.54, 1.807) is 0 Å². The molecule has 0 atom stereocenters. The average molecular weight is 322 g/mol. The molecule has 1 saturated carbocycles. The smallest absolute Gasteiger partial charge is 0.227 e. The first-order valence-corrected chi connectivity index (χ1v) is 8.69. The van der Waals surface area contributed by atoms with Crippen molar-refractivity contribution in [2.24, 2.45) is 0 Å². The molecule has 0 radical (unpaired) electrons. The third kappa shape index (κ3) is 4.29. The van der Waals surface area contributed by atoms with Gasteiger partial charge in [0.25, 0.3) is 0 Å². The van der Waals surface area contributed by atoms with Crippen LogP contribution in [-0.4, -0.2) is 70.3 Å². The number of aromatic nitrogens is 2. The molecule has 23 heavy (non-hydrogen) atoms. The molecule has 0 aromatic carbocycles. The minimum Gasteiger partial charge on any atom is -0.395 e. The number of nitrogens with zero attached hydrogens (tertiary/aromatic N) is 4. The lowest BCUT2D eigenvalue weighted by Crippen LogP contribution is -2.49. The second-order valence-electron chi connectivity index (χ2n) is 6.47. The number of rotatable bonds is 6. The highest BCUT2D eigenvalue weighted by Gasteiger charge is 2.24. The van der Waals surface area contributed by atoms with Gasteiger partial charge < -0.3 is 14.5 Å². The van der Waals surface area contributed by atoms with Crippen molar-refractivity contribution in [1.29, 1.82) is 0 Å². The number of β-amino-alcohol motifs (C(OH)–C–C–N with tert-alkyl or cyclic N) is 1. The van der Waals surface area contributed by atoms with E-state index in [0.717, 1.165) is 44.8 Å². The lowest BCUT2D eigenvalue weighted by Gasteiger charge is -2.34. The highest BCUT2D eigenvalue weighted by molar-refractivity contribution is 5.76. The van der Waals surface area contributed by atoms with Crippen LogP contribution in [0.25, 0.3) is 0 Å². The first-order chi connectivity index (χ1) is 11.3. The molecular weight excluding hydrogens is 296 g/mol. The van der Waals surface area contributed by atoms with E-state index in [9.17, 15) is 4.79 Å². The van der Waals surface area contributed by atoms with Crippen LogP contribution in [-0.2, 0) is 11.2 Å². The van der Waals surface area contributed by atoms with E-state index in [4.69, 9.17) is 9.63 Å². The van der Waals surface area contributed by atoms with E-state index >= 15 is 0 Å². The van der Waals surface area contributed by atoms with Crippen LogP contribution < -0.4 is 0 Å². The number of hydrogen-bond donors (Lipinski definition) is 1. The number of amides is 1. The van der Waals surface area contributed by atoms with Crippen molar-refractivity contribution in [3.63, 3.8) is 0 Å². The molecule has 1 N–H and O–H groups in total. The first-order valence-electron chi connectivity index (χ1n) is 8.69. The molecule has 2 aliphatic rings. The molecule has 128 valence electrons. The zero-order valence-corrected chi connectivity index (χ0v) is 13.6. The predicted molar refractivity (Wildman–Crippen MR) is 83.9 cm³/mol. The van der Waals surface area contributed by atoms with Crippen molar-refractivity contribution in [1.82, 2.24) is 19.9 Å². The van der Waals surface area contributed by atoms with Crippen LogP contribution in [0, 0.1) is 0 Å². The van der Waals surface area contributed by atoms with Gasteiger partial charge >= 0.3 is 0 Å². The Hall–Kier alpha value is -1.47. The van der Waals surface area contributed by atoms with Crippen molar-refractivity contribution >= 4 is 5.91 Å². The van der Waals surface area contributed by atoms with Crippen LogP contribution in [0.15, 0.2) is 4.52 Å². The zero-order valence-electron chi connectivity index (χ0n) is 13.6. The molecule has 1 aromatic rings. The van der Waals surface area contributed by atoms with Crippen LogP contribution in [0.5, 0.6) is 0 Å². The van der Waals surface area contributed by atoms with Crippen molar-refractivity contribution in [3.05, 3.63) is 11.7 Å². The zero-order chi connectivity index (χ0) is 16.1. The molecule has 1 amide bonds. The minimum atomic E-state index is 0.147. The van der Waals surface area contributed by atoms with Crippen molar-refractivity contribution in [3.8, 4) is 0 Å². The summed E-state index contributed by atoms with van der Waals surface area (Å²) in [5.74, 6) is 2.00. The largest absolute Gasteiger partial charge is 0.395 e. The van der Waals surface area contributed by atoms with Gasteiger partial charge in [0.05, 0.1) is 6.61 Å². The maximum atomic E-state index is 12.3. The van der Waals surface area contributed by atoms with Gasteiger partial charge in [-0.15, -0.1) is 0 Å². The maximum Gasteiger partial charge on any atom is 0.227 e. The Morgan fingerprint density at radius 1 is 1.22 bits per heavy atom. The summed E-state index contributed by atoms with van der Waals surface area (Å²) in [6.45, 7) is 3.99. The predicted octanol–water partition coefficient (Wildman–Crippen LogP) is 0.796. The topological polar surface area (TPSA) is 82.7 Å². The van der Waals surface area contributed by atoms with Gasteiger partial charge in [0.1, 0.15) is 0 Å². The Balaban J connectivity index is 1.42. The fourth-order valence-electron chi connectivity index (χ4n) is 3.45.